The largest absolute Gasteiger partial charge is 0.508 e. The number of phenols is 1. The molecule has 104 valence electrons. The molecule has 3 nitrogen and oxygen atoms in total. The van der Waals surface area contributed by atoms with E-state index in [4.69, 9.17) is 4.74 Å². The second-order valence-electron chi connectivity index (χ2n) is 4.54. The van der Waals surface area contributed by atoms with Crippen LogP contribution in [0.5, 0.6) is 11.5 Å². The van der Waals surface area contributed by atoms with E-state index >= 15 is 0 Å². The minimum absolute atomic E-state index is 0.189. The van der Waals surface area contributed by atoms with Crippen molar-refractivity contribution in [2.75, 3.05) is 0 Å². The van der Waals surface area contributed by atoms with Gasteiger partial charge in [-0.05, 0) is 63.1 Å². The summed E-state index contributed by atoms with van der Waals surface area (Å²) in [7, 11) is 0. The summed E-state index contributed by atoms with van der Waals surface area (Å²) in [5, 5.41) is 11.2. The summed E-state index contributed by atoms with van der Waals surface area (Å²) in [6.45, 7) is 0. The first kappa shape index (κ1) is 13.6. The van der Waals surface area contributed by atoms with Gasteiger partial charge in [-0.2, -0.15) is 0 Å². The molecule has 0 fully saturated rings. The van der Waals surface area contributed by atoms with Crippen LogP contribution in [-0.4, -0.2) is 11.1 Å². The molecular formula is C17H11BrO3. The van der Waals surface area contributed by atoms with Gasteiger partial charge in [0.05, 0.1) is 5.56 Å². The molecule has 3 aromatic carbocycles. The van der Waals surface area contributed by atoms with Crippen LogP contribution in [-0.2, 0) is 0 Å². The molecule has 1 N–H and O–H groups in total. The van der Waals surface area contributed by atoms with Crippen molar-refractivity contribution in [2.45, 2.75) is 0 Å². The summed E-state index contributed by atoms with van der Waals surface area (Å²) in [6, 6.07) is 17.4. The van der Waals surface area contributed by atoms with Gasteiger partial charge in [-0.3, -0.25) is 0 Å². The molecular weight excluding hydrogens is 332 g/mol. The van der Waals surface area contributed by atoms with Crippen LogP contribution in [0.15, 0.2) is 65.1 Å². The average molecular weight is 343 g/mol. The van der Waals surface area contributed by atoms with Crippen molar-refractivity contribution in [3.8, 4) is 11.5 Å². The highest BCUT2D eigenvalue weighted by molar-refractivity contribution is 9.10. The number of phenolic OH excluding ortho intramolecular Hbond substituents is 1. The van der Waals surface area contributed by atoms with Crippen LogP contribution in [0.3, 0.4) is 0 Å². The number of rotatable bonds is 2. The topological polar surface area (TPSA) is 46.5 Å². The van der Waals surface area contributed by atoms with Crippen molar-refractivity contribution < 1.29 is 14.6 Å². The first-order chi connectivity index (χ1) is 10.1. The molecule has 0 unspecified atom stereocenters. The molecule has 0 saturated carbocycles. The highest BCUT2D eigenvalue weighted by Gasteiger charge is 2.15. The second kappa shape index (κ2) is 5.58. The fraction of sp³-hybridized carbons (Fsp3) is 0. The Morgan fingerprint density at radius 3 is 2.52 bits per heavy atom. The van der Waals surface area contributed by atoms with Crippen molar-refractivity contribution in [3.63, 3.8) is 0 Å². The van der Waals surface area contributed by atoms with E-state index in [1.807, 2.05) is 6.07 Å². The Kier molecular flexibility index (Phi) is 3.62. The predicted molar refractivity (Wildman–Crippen MR) is 84.7 cm³/mol. The van der Waals surface area contributed by atoms with Crippen molar-refractivity contribution in [1.29, 1.82) is 0 Å². The first-order valence-corrected chi connectivity index (χ1v) is 7.13. The molecule has 3 aromatic rings. The number of esters is 1. The van der Waals surface area contributed by atoms with E-state index in [1.165, 1.54) is 0 Å². The molecule has 0 aliphatic carbocycles. The lowest BCUT2D eigenvalue weighted by molar-refractivity contribution is 0.0734. The lowest BCUT2D eigenvalue weighted by Crippen LogP contribution is -2.09. The molecule has 0 saturated heterocycles. The smallest absolute Gasteiger partial charge is 0.344 e. The standard InChI is InChI=1S/C17H11BrO3/c18-16-14-9-7-12(19)10-11(14)6-8-15(16)17(20)21-13-4-2-1-3-5-13/h1-10,19H. The number of carbonyl (C=O) groups is 1. The zero-order chi connectivity index (χ0) is 14.8. The normalized spacial score (nSPS) is 10.5. The minimum Gasteiger partial charge on any atom is -0.508 e. The fourth-order valence-corrected chi connectivity index (χ4v) is 2.74. The number of aromatic hydroxyl groups is 1. The Morgan fingerprint density at radius 2 is 1.76 bits per heavy atom. The van der Waals surface area contributed by atoms with Crippen LogP contribution >= 0.6 is 15.9 Å². The summed E-state index contributed by atoms with van der Waals surface area (Å²) < 4.78 is 5.99. The van der Waals surface area contributed by atoms with Gasteiger partial charge in [0, 0.05) is 4.47 Å². The monoisotopic (exact) mass is 342 g/mol. The van der Waals surface area contributed by atoms with Crippen molar-refractivity contribution in [2.24, 2.45) is 0 Å². The summed E-state index contributed by atoms with van der Waals surface area (Å²) in [4.78, 5) is 12.2. The second-order valence-corrected chi connectivity index (χ2v) is 5.33. The zero-order valence-electron chi connectivity index (χ0n) is 10.9. The zero-order valence-corrected chi connectivity index (χ0v) is 12.5. The summed E-state index contributed by atoms with van der Waals surface area (Å²) in [6.07, 6.45) is 0. The Bertz CT molecular complexity index is 813. The Morgan fingerprint density at radius 1 is 1.00 bits per heavy atom. The van der Waals surface area contributed by atoms with Gasteiger partial charge in [0.25, 0.3) is 0 Å². The van der Waals surface area contributed by atoms with Gasteiger partial charge < -0.3 is 9.84 Å². The van der Waals surface area contributed by atoms with E-state index in [0.29, 0.717) is 15.8 Å². The van der Waals surface area contributed by atoms with Gasteiger partial charge in [-0.15, -0.1) is 0 Å². The molecule has 3 rings (SSSR count). The van der Waals surface area contributed by atoms with Crippen LogP contribution in [0, 0.1) is 0 Å². The SMILES string of the molecule is O=C(Oc1ccccc1)c1ccc2cc(O)ccc2c1Br. The quantitative estimate of drug-likeness (QED) is 0.549. The van der Waals surface area contributed by atoms with E-state index in [9.17, 15) is 9.90 Å². The number of para-hydroxylation sites is 1. The molecule has 4 heteroatoms. The first-order valence-electron chi connectivity index (χ1n) is 6.33. The molecule has 0 amide bonds. The van der Waals surface area contributed by atoms with Crippen LogP contribution < -0.4 is 4.74 Å². The number of halogens is 1. The summed E-state index contributed by atoms with van der Waals surface area (Å²) >= 11 is 3.44. The van der Waals surface area contributed by atoms with E-state index in [-0.39, 0.29) is 5.75 Å². The molecule has 0 aromatic heterocycles. The summed E-state index contributed by atoms with van der Waals surface area (Å²) in [5.41, 5.74) is 0.442. The Balaban J connectivity index is 1.99. The predicted octanol–water partition coefficient (Wildman–Crippen LogP) is 4.53. The van der Waals surface area contributed by atoms with Crippen molar-refractivity contribution >= 4 is 32.7 Å². The van der Waals surface area contributed by atoms with Crippen LogP contribution in [0.25, 0.3) is 10.8 Å². The molecule has 0 heterocycles. The number of fused-ring (bicyclic) bond motifs is 1. The van der Waals surface area contributed by atoms with Gasteiger partial charge in [0.1, 0.15) is 11.5 Å². The number of carbonyl (C=O) groups excluding carboxylic acids is 1. The Labute approximate surface area is 129 Å². The van der Waals surface area contributed by atoms with E-state index in [2.05, 4.69) is 15.9 Å². The van der Waals surface area contributed by atoms with Gasteiger partial charge >= 0.3 is 5.97 Å². The lowest BCUT2D eigenvalue weighted by atomic mass is 10.1. The molecule has 0 atom stereocenters. The average Bonchev–Trinajstić information content (AvgIpc) is 2.48. The molecule has 0 bridgehead atoms. The number of benzene rings is 3. The third-order valence-corrected chi connectivity index (χ3v) is 3.97. The number of hydrogen-bond donors (Lipinski definition) is 1. The Hall–Kier alpha value is -2.33. The van der Waals surface area contributed by atoms with Crippen molar-refractivity contribution in [3.05, 3.63) is 70.7 Å². The number of hydrogen-bond acceptors (Lipinski definition) is 3. The number of ether oxygens (including phenoxy) is 1. The molecule has 21 heavy (non-hydrogen) atoms. The molecule has 0 spiro atoms. The maximum absolute atomic E-state index is 12.2. The maximum atomic E-state index is 12.2. The third kappa shape index (κ3) is 2.76. The van der Waals surface area contributed by atoms with E-state index < -0.39 is 5.97 Å². The fourth-order valence-electron chi connectivity index (χ4n) is 2.09. The van der Waals surface area contributed by atoms with Crippen molar-refractivity contribution in [1.82, 2.24) is 0 Å². The van der Waals surface area contributed by atoms with E-state index in [1.54, 1.807) is 54.6 Å². The molecule has 0 aliphatic heterocycles. The lowest BCUT2D eigenvalue weighted by Gasteiger charge is -2.08. The third-order valence-electron chi connectivity index (χ3n) is 3.11. The van der Waals surface area contributed by atoms with Gasteiger partial charge in [0.2, 0.25) is 0 Å². The van der Waals surface area contributed by atoms with Gasteiger partial charge in [-0.25, -0.2) is 4.79 Å². The van der Waals surface area contributed by atoms with Gasteiger partial charge in [-0.1, -0.05) is 24.3 Å². The summed E-state index contributed by atoms with van der Waals surface area (Å²) in [5.74, 6) is 0.261. The minimum atomic E-state index is -0.428. The maximum Gasteiger partial charge on any atom is 0.344 e. The highest BCUT2D eigenvalue weighted by atomic mass is 79.9. The highest BCUT2D eigenvalue weighted by Crippen LogP contribution is 2.30. The van der Waals surface area contributed by atoms with Crippen LogP contribution in [0.1, 0.15) is 10.4 Å². The molecule has 0 aliphatic rings. The van der Waals surface area contributed by atoms with E-state index in [0.717, 1.165) is 10.8 Å². The van der Waals surface area contributed by atoms with Gasteiger partial charge in [0.15, 0.2) is 0 Å². The molecule has 0 radical (unpaired) electrons. The van der Waals surface area contributed by atoms with Crippen LogP contribution in [0.2, 0.25) is 0 Å². The van der Waals surface area contributed by atoms with Crippen LogP contribution in [0.4, 0.5) is 0 Å².